The number of unbranched alkanes of at least 4 members (excludes halogenated alkanes) is 2. The molecule has 0 aliphatic carbocycles. The van der Waals surface area contributed by atoms with Crippen LogP contribution in [0.15, 0.2) is 60.7 Å². The van der Waals surface area contributed by atoms with Crippen LogP contribution in [0.1, 0.15) is 57.1 Å². The average molecular weight is 547 g/mol. The van der Waals surface area contributed by atoms with Crippen molar-refractivity contribution in [1.29, 1.82) is 0 Å². The molecule has 2 aromatic rings. The quantitative estimate of drug-likeness (QED) is 0.208. The van der Waals surface area contributed by atoms with Gasteiger partial charge in [0.1, 0.15) is 13.2 Å². The fraction of sp³-hybridized carbons (Fsp3) is 0.462. The fourth-order valence-electron chi connectivity index (χ4n) is 2.59. The van der Waals surface area contributed by atoms with E-state index in [4.69, 9.17) is 9.47 Å². The summed E-state index contributed by atoms with van der Waals surface area (Å²) < 4.78 is 13.2. The van der Waals surface area contributed by atoms with Gasteiger partial charge in [-0.1, -0.05) is 60.7 Å². The average Bonchev–Trinajstić information content (AvgIpc) is 2.83. The van der Waals surface area contributed by atoms with Gasteiger partial charge in [0, 0.05) is 0 Å². The number of rotatable bonds is 13. The molecular formula is C26H36O5Sn. The van der Waals surface area contributed by atoms with E-state index in [9.17, 15) is 14.7 Å². The number of esters is 2. The number of carbonyl (C=O) groups is 2. The van der Waals surface area contributed by atoms with Crippen LogP contribution in [0.5, 0.6) is 0 Å². The molecule has 6 heteroatoms. The molecule has 2 rings (SSSR count). The minimum atomic E-state index is -1.53. The van der Waals surface area contributed by atoms with Gasteiger partial charge >= 0.3 is 81.5 Å². The summed E-state index contributed by atoms with van der Waals surface area (Å²) in [6.07, 6.45) is 3.88. The Labute approximate surface area is 202 Å². The summed E-state index contributed by atoms with van der Waals surface area (Å²) in [6.45, 7) is 4.74. The van der Waals surface area contributed by atoms with Gasteiger partial charge in [0.25, 0.3) is 0 Å². The number of hydrogen-bond acceptors (Lipinski definition) is 5. The molecule has 0 aliphatic heterocycles. The smallest absolute Gasteiger partial charge is 0.335 e. The van der Waals surface area contributed by atoms with Crippen molar-refractivity contribution in [2.24, 2.45) is 0 Å². The van der Waals surface area contributed by atoms with Gasteiger partial charge < -0.3 is 14.6 Å². The van der Waals surface area contributed by atoms with Gasteiger partial charge in [-0.05, 0) is 11.1 Å². The molecule has 1 N–H and O–H groups in total. The van der Waals surface area contributed by atoms with Gasteiger partial charge in [-0.3, -0.25) is 4.79 Å². The van der Waals surface area contributed by atoms with Crippen molar-refractivity contribution in [3.05, 3.63) is 71.8 Å². The summed E-state index contributed by atoms with van der Waals surface area (Å²) in [6, 6.07) is 18.2. The van der Waals surface area contributed by atoms with Crippen LogP contribution in [0.3, 0.4) is 0 Å². The summed E-state index contributed by atoms with van der Waals surface area (Å²) in [7, 11) is 0. The van der Waals surface area contributed by atoms with E-state index in [1.54, 1.807) is 21.0 Å². The number of carbonyl (C=O) groups excluding carboxylic acids is 2. The van der Waals surface area contributed by atoms with Crippen molar-refractivity contribution in [2.45, 2.75) is 74.1 Å². The largest absolute Gasteiger partial charge is 0.461 e. The Morgan fingerprint density at radius 2 is 1.28 bits per heavy atom. The molecule has 0 bridgehead atoms. The Morgan fingerprint density at radius 3 is 1.75 bits per heavy atom. The first-order valence-electron chi connectivity index (χ1n) is 11.4. The third kappa shape index (κ3) is 14.2. The third-order valence-electron chi connectivity index (χ3n) is 4.51. The van der Waals surface area contributed by atoms with Gasteiger partial charge in [-0.2, -0.15) is 0 Å². The number of aliphatic hydroxyl groups excluding tert-OH is 1. The maximum Gasteiger partial charge on any atom is 0.335 e. The molecule has 1 unspecified atom stereocenters. The molecule has 5 nitrogen and oxygen atoms in total. The van der Waals surface area contributed by atoms with Gasteiger partial charge in [0.05, 0.1) is 6.42 Å². The summed E-state index contributed by atoms with van der Waals surface area (Å²) in [5.41, 5.74) is 1.64. The monoisotopic (exact) mass is 548 g/mol. The predicted molar refractivity (Wildman–Crippen MR) is 128 cm³/mol. The van der Waals surface area contributed by atoms with E-state index < -0.39 is 24.5 Å². The second-order valence-electron chi connectivity index (χ2n) is 7.42. The summed E-state index contributed by atoms with van der Waals surface area (Å²) >= 11 is 0.149. The predicted octanol–water partition coefficient (Wildman–Crippen LogP) is 5.35. The number of ether oxygens (including phenoxy) is 2. The second-order valence-corrected chi connectivity index (χ2v) is 11.7. The molecule has 0 fully saturated rings. The van der Waals surface area contributed by atoms with Crippen molar-refractivity contribution < 1.29 is 24.2 Å². The van der Waals surface area contributed by atoms with Crippen LogP contribution in [-0.4, -0.2) is 44.3 Å². The molecule has 2 radical (unpaired) electrons. The maximum absolute atomic E-state index is 11.6. The van der Waals surface area contributed by atoms with E-state index in [-0.39, 0.29) is 34.4 Å². The second kappa shape index (κ2) is 18.7. The Morgan fingerprint density at radius 1 is 0.812 bits per heavy atom. The van der Waals surface area contributed by atoms with Crippen LogP contribution in [0.25, 0.3) is 0 Å². The van der Waals surface area contributed by atoms with Gasteiger partial charge in [-0.15, -0.1) is 0 Å². The van der Waals surface area contributed by atoms with Crippen molar-refractivity contribution in [3.8, 4) is 0 Å². The van der Waals surface area contributed by atoms with E-state index >= 15 is 0 Å². The maximum atomic E-state index is 11.6. The molecule has 32 heavy (non-hydrogen) atoms. The number of aliphatic hydroxyl groups is 1. The van der Waals surface area contributed by atoms with E-state index in [1.165, 1.54) is 25.7 Å². The van der Waals surface area contributed by atoms with Gasteiger partial charge in [-0.25, -0.2) is 4.79 Å². The molecule has 0 amide bonds. The first-order valence-corrected chi connectivity index (χ1v) is 15.4. The summed E-state index contributed by atoms with van der Waals surface area (Å²) in [5.74, 6) is -1.50. The molecule has 0 aromatic heterocycles. The van der Waals surface area contributed by atoms with Crippen LogP contribution >= 0.6 is 0 Å². The molecule has 0 spiro atoms. The zero-order valence-corrected chi connectivity index (χ0v) is 22.1. The molecule has 0 aliphatic rings. The zero-order chi connectivity index (χ0) is 23.4. The van der Waals surface area contributed by atoms with Crippen molar-refractivity contribution in [1.82, 2.24) is 0 Å². The zero-order valence-electron chi connectivity index (χ0n) is 19.3. The van der Waals surface area contributed by atoms with Crippen LogP contribution in [0.2, 0.25) is 8.87 Å². The van der Waals surface area contributed by atoms with E-state index in [2.05, 4.69) is 13.8 Å². The first kappa shape index (κ1) is 28.2. The van der Waals surface area contributed by atoms with Crippen molar-refractivity contribution in [3.63, 3.8) is 0 Å². The van der Waals surface area contributed by atoms with Crippen LogP contribution in [-0.2, 0) is 32.3 Å². The SMILES string of the molecule is CCC[CH2][Sn][CH2]CCC.O=C(CC(O)C(=O)OCc1ccccc1)OCc1ccccc1. The van der Waals surface area contributed by atoms with Crippen molar-refractivity contribution >= 4 is 33.1 Å². The van der Waals surface area contributed by atoms with Crippen LogP contribution in [0, 0.1) is 0 Å². The molecule has 0 saturated carbocycles. The minimum Gasteiger partial charge on any atom is -0.461 e. The molecule has 174 valence electrons. The van der Waals surface area contributed by atoms with Crippen molar-refractivity contribution in [2.75, 3.05) is 0 Å². The van der Waals surface area contributed by atoms with E-state index in [0.717, 1.165) is 11.1 Å². The number of benzene rings is 2. The van der Waals surface area contributed by atoms with Gasteiger partial charge in [0.15, 0.2) is 6.10 Å². The molecule has 1 atom stereocenters. The minimum absolute atomic E-state index is 0.0514. The van der Waals surface area contributed by atoms with E-state index in [1.807, 2.05) is 48.5 Å². The molecular weight excluding hydrogens is 511 g/mol. The summed E-state index contributed by atoms with van der Waals surface area (Å²) in [5, 5.41) is 9.69. The van der Waals surface area contributed by atoms with E-state index in [0.29, 0.717) is 0 Å². The third-order valence-corrected chi connectivity index (χ3v) is 8.55. The molecule has 2 aromatic carbocycles. The summed E-state index contributed by atoms with van der Waals surface area (Å²) in [4.78, 5) is 23.3. The fourth-order valence-corrected chi connectivity index (χ4v) is 6.75. The van der Waals surface area contributed by atoms with Crippen LogP contribution < -0.4 is 0 Å². The Hall–Kier alpha value is -1.86. The Balaban J connectivity index is 0.000000482. The Bertz CT molecular complexity index is 730. The molecule has 0 heterocycles. The number of hydrogen-bond donors (Lipinski definition) is 1. The van der Waals surface area contributed by atoms with Gasteiger partial charge in [0.2, 0.25) is 0 Å². The first-order chi connectivity index (χ1) is 15.6. The Kier molecular flexibility index (Phi) is 16.5. The standard InChI is InChI=1S/C18H18O5.2C4H9.Sn/c19-16(18(21)23-13-15-9-5-2-6-10-15)11-17(20)22-12-14-7-3-1-4-8-14;2*1-3-4-2;/h1-10,16,19H,11-13H2;2*1,3-4H2,2H3;. The normalized spacial score (nSPS) is 11.1. The van der Waals surface area contributed by atoms with Crippen LogP contribution in [0.4, 0.5) is 0 Å². The topological polar surface area (TPSA) is 72.8 Å². The molecule has 0 saturated heterocycles.